The first kappa shape index (κ1) is 24.6. The standard InChI is InChI=1S/C30H36N6O2/c1-18(2)27-24-16-22(4-5-26(24)33-28(27)23-6-11-31-29-25(23)17-32-34-29)20-7-14-36(15-8-20)30(38)21-9-12-35(13-10-21)19(3)37/h4-6,11,16-18,20-21,33H,7-10,12-15H2,1-3H3,(H,31,32,34). The molecule has 2 aliphatic heterocycles. The summed E-state index contributed by atoms with van der Waals surface area (Å²) in [5.41, 5.74) is 6.87. The van der Waals surface area contributed by atoms with Crippen molar-refractivity contribution >= 4 is 33.8 Å². The maximum Gasteiger partial charge on any atom is 0.225 e. The molecule has 0 spiro atoms. The molecule has 3 aromatic heterocycles. The van der Waals surface area contributed by atoms with E-state index < -0.39 is 0 Å². The minimum absolute atomic E-state index is 0.0558. The molecule has 8 heteroatoms. The van der Waals surface area contributed by atoms with E-state index in [2.05, 4.69) is 63.2 Å². The molecule has 2 N–H and O–H groups in total. The zero-order valence-electron chi connectivity index (χ0n) is 22.5. The number of amides is 2. The first-order valence-corrected chi connectivity index (χ1v) is 13.9. The normalized spacial score (nSPS) is 17.7. The third kappa shape index (κ3) is 4.36. The van der Waals surface area contributed by atoms with Crippen LogP contribution >= 0.6 is 0 Å². The number of benzene rings is 1. The van der Waals surface area contributed by atoms with Crippen LogP contribution in [0, 0.1) is 5.92 Å². The van der Waals surface area contributed by atoms with Crippen molar-refractivity contribution in [2.24, 2.45) is 5.92 Å². The molecule has 2 aliphatic rings. The Bertz CT molecular complexity index is 1490. The number of hydrogen-bond donors (Lipinski definition) is 2. The number of piperidine rings is 2. The van der Waals surface area contributed by atoms with Crippen molar-refractivity contribution in [1.29, 1.82) is 0 Å². The van der Waals surface area contributed by atoms with Crippen molar-refractivity contribution < 1.29 is 9.59 Å². The number of aromatic nitrogens is 4. The van der Waals surface area contributed by atoms with Crippen LogP contribution in [0.1, 0.15) is 69.4 Å². The molecule has 0 saturated carbocycles. The number of nitrogens with zero attached hydrogens (tertiary/aromatic N) is 4. The Kier molecular flexibility index (Phi) is 6.41. The molecule has 2 fully saturated rings. The number of H-pyrrole nitrogens is 2. The Morgan fingerprint density at radius 2 is 1.71 bits per heavy atom. The molecule has 2 saturated heterocycles. The number of nitrogens with one attached hydrogen (secondary N) is 2. The second-order valence-corrected chi connectivity index (χ2v) is 11.2. The molecule has 0 aliphatic carbocycles. The number of fused-ring (bicyclic) bond motifs is 2. The van der Waals surface area contributed by atoms with E-state index in [0.29, 0.717) is 24.9 Å². The summed E-state index contributed by atoms with van der Waals surface area (Å²) in [6.07, 6.45) is 7.21. The van der Waals surface area contributed by atoms with Crippen LogP contribution in [0.2, 0.25) is 0 Å². The van der Waals surface area contributed by atoms with Crippen LogP contribution in [0.5, 0.6) is 0 Å². The molecule has 8 nitrogen and oxygen atoms in total. The quantitative estimate of drug-likeness (QED) is 0.393. The van der Waals surface area contributed by atoms with Crippen molar-refractivity contribution in [1.82, 2.24) is 30.0 Å². The van der Waals surface area contributed by atoms with Crippen molar-refractivity contribution in [3.8, 4) is 11.3 Å². The van der Waals surface area contributed by atoms with E-state index in [-0.39, 0.29) is 17.7 Å². The highest BCUT2D eigenvalue weighted by Gasteiger charge is 2.32. The summed E-state index contributed by atoms with van der Waals surface area (Å²) in [4.78, 5) is 36.8. The molecule has 198 valence electrons. The Morgan fingerprint density at radius 1 is 0.974 bits per heavy atom. The first-order valence-electron chi connectivity index (χ1n) is 13.9. The topological polar surface area (TPSA) is 98.0 Å². The summed E-state index contributed by atoms with van der Waals surface area (Å²) in [6.45, 7) is 9.11. The number of carbonyl (C=O) groups is 2. The van der Waals surface area contributed by atoms with Crippen LogP contribution in [0.15, 0.2) is 36.7 Å². The average Bonchev–Trinajstić information content (AvgIpc) is 3.57. The van der Waals surface area contributed by atoms with Gasteiger partial charge in [-0.15, -0.1) is 0 Å². The number of rotatable bonds is 4. The molecular formula is C30H36N6O2. The lowest BCUT2D eigenvalue weighted by Gasteiger charge is -2.37. The highest BCUT2D eigenvalue weighted by atomic mass is 16.2. The van der Waals surface area contributed by atoms with E-state index in [1.165, 1.54) is 16.5 Å². The first-order chi connectivity index (χ1) is 18.4. The van der Waals surface area contributed by atoms with Gasteiger partial charge in [-0.1, -0.05) is 19.9 Å². The molecule has 5 heterocycles. The van der Waals surface area contributed by atoms with Crippen LogP contribution in [0.3, 0.4) is 0 Å². The van der Waals surface area contributed by atoms with Gasteiger partial charge in [-0.25, -0.2) is 4.98 Å². The highest BCUT2D eigenvalue weighted by molar-refractivity contribution is 5.98. The Hall–Kier alpha value is -3.68. The van der Waals surface area contributed by atoms with E-state index >= 15 is 0 Å². The lowest BCUT2D eigenvalue weighted by molar-refractivity contribution is -0.140. The number of aromatic amines is 2. The van der Waals surface area contributed by atoms with Gasteiger partial charge < -0.3 is 14.8 Å². The van der Waals surface area contributed by atoms with Gasteiger partial charge in [0, 0.05) is 67.1 Å². The van der Waals surface area contributed by atoms with E-state index in [4.69, 9.17) is 0 Å². The van der Waals surface area contributed by atoms with E-state index in [1.807, 2.05) is 17.3 Å². The number of hydrogen-bond acceptors (Lipinski definition) is 4. The SMILES string of the molecule is CC(=O)N1CCC(C(=O)N2CCC(c3ccc4[nH]c(-c5ccnc6[nH]ncc56)c(C(C)C)c4c3)CC2)CC1. The summed E-state index contributed by atoms with van der Waals surface area (Å²) >= 11 is 0. The molecule has 1 aromatic carbocycles. The van der Waals surface area contributed by atoms with Crippen molar-refractivity contribution in [3.05, 3.63) is 47.8 Å². The van der Waals surface area contributed by atoms with Gasteiger partial charge in [0.25, 0.3) is 0 Å². The number of pyridine rings is 1. The monoisotopic (exact) mass is 512 g/mol. The summed E-state index contributed by atoms with van der Waals surface area (Å²) in [5, 5.41) is 9.48. The minimum atomic E-state index is 0.0558. The van der Waals surface area contributed by atoms with Gasteiger partial charge in [0.2, 0.25) is 11.8 Å². The smallest absolute Gasteiger partial charge is 0.225 e. The molecule has 0 atom stereocenters. The predicted molar refractivity (Wildman–Crippen MR) is 149 cm³/mol. The maximum absolute atomic E-state index is 13.2. The second-order valence-electron chi connectivity index (χ2n) is 11.2. The second kappa shape index (κ2) is 9.89. The van der Waals surface area contributed by atoms with Gasteiger partial charge in [0.1, 0.15) is 0 Å². The lowest BCUT2D eigenvalue weighted by atomic mass is 9.86. The molecule has 0 bridgehead atoms. The Morgan fingerprint density at radius 3 is 2.42 bits per heavy atom. The highest BCUT2D eigenvalue weighted by Crippen LogP contribution is 2.40. The molecule has 0 radical (unpaired) electrons. The number of carbonyl (C=O) groups excluding carboxylic acids is 2. The van der Waals surface area contributed by atoms with Crippen LogP contribution in [0.25, 0.3) is 33.2 Å². The fourth-order valence-electron chi connectivity index (χ4n) is 6.50. The summed E-state index contributed by atoms with van der Waals surface area (Å²) in [5.74, 6) is 1.24. The van der Waals surface area contributed by atoms with E-state index in [1.54, 1.807) is 6.92 Å². The molecule has 0 unspecified atom stereocenters. The van der Waals surface area contributed by atoms with Crippen molar-refractivity contribution in [2.75, 3.05) is 26.2 Å². The predicted octanol–water partition coefficient (Wildman–Crippen LogP) is 5.19. The Labute approximate surface area is 222 Å². The molecule has 6 rings (SSSR count). The molecule has 4 aromatic rings. The minimum Gasteiger partial charge on any atom is -0.354 e. The van der Waals surface area contributed by atoms with Gasteiger partial charge in [0.05, 0.1) is 11.9 Å². The largest absolute Gasteiger partial charge is 0.354 e. The van der Waals surface area contributed by atoms with Crippen molar-refractivity contribution in [2.45, 2.75) is 58.3 Å². The molecule has 38 heavy (non-hydrogen) atoms. The van der Waals surface area contributed by atoms with E-state index in [9.17, 15) is 9.59 Å². The third-order valence-corrected chi connectivity index (χ3v) is 8.63. The zero-order chi connectivity index (χ0) is 26.4. The third-order valence-electron chi connectivity index (χ3n) is 8.63. The fourth-order valence-corrected chi connectivity index (χ4v) is 6.50. The van der Waals surface area contributed by atoms with Gasteiger partial charge in [-0.05, 0) is 66.8 Å². The van der Waals surface area contributed by atoms with Gasteiger partial charge in [-0.2, -0.15) is 5.10 Å². The average molecular weight is 513 g/mol. The maximum atomic E-state index is 13.2. The van der Waals surface area contributed by atoms with Crippen LogP contribution < -0.4 is 0 Å². The van der Waals surface area contributed by atoms with Gasteiger partial charge in [-0.3, -0.25) is 14.7 Å². The number of likely N-dealkylation sites (tertiary alicyclic amines) is 2. The van der Waals surface area contributed by atoms with Gasteiger partial charge in [0.15, 0.2) is 5.65 Å². The van der Waals surface area contributed by atoms with Crippen LogP contribution in [-0.4, -0.2) is 68.0 Å². The van der Waals surface area contributed by atoms with Crippen molar-refractivity contribution in [3.63, 3.8) is 0 Å². The summed E-state index contributed by atoms with van der Waals surface area (Å²) < 4.78 is 0. The Balaban J connectivity index is 1.21. The fraction of sp³-hybridized carbons (Fsp3) is 0.467. The summed E-state index contributed by atoms with van der Waals surface area (Å²) in [7, 11) is 0. The van der Waals surface area contributed by atoms with Crippen LogP contribution in [0.4, 0.5) is 0 Å². The lowest BCUT2D eigenvalue weighted by Crippen LogP contribution is -2.46. The van der Waals surface area contributed by atoms with Gasteiger partial charge >= 0.3 is 0 Å². The molecular weight excluding hydrogens is 476 g/mol. The summed E-state index contributed by atoms with van der Waals surface area (Å²) in [6, 6.07) is 8.91. The molecule has 2 amide bonds. The zero-order valence-corrected chi connectivity index (χ0v) is 22.5. The van der Waals surface area contributed by atoms with E-state index in [0.717, 1.165) is 66.6 Å². The van der Waals surface area contributed by atoms with Crippen LogP contribution in [-0.2, 0) is 9.59 Å².